The standard InChI is InChI=1S/C22H24N2O3S2/c1-15-6-9-17(10-7-15)28-12-4-5-21(25)24-22-23-18(14-29-22)16-8-11-19(26-2)20(13-16)27-3/h6-11,13-14H,4-5,12H2,1-3H3,(H,23,24,25). The number of rotatable bonds is 9. The molecule has 0 bridgehead atoms. The molecule has 1 N–H and O–H groups in total. The summed E-state index contributed by atoms with van der Waals surface area (Å²) in [5.41, 5.74) is 2.96. The summed E-state index contributed by atoms with van der Waals surface area (Å²) in [5, 5.41) is 5.42. The highest BCUT2D eigenvalue weighted by molar-refractivity contribution is 7.99. The van der Waals surface area contributed by atoms with Crippen molar-refractivity contribution in [2.45, 2.75) is 24.7 Å². The molecule has 0 saturated carbocycles. The summed E-state index contributed by atoms with van der Waals surface area (Å²) in [4.78, 5) is 18.0. The second-order valence-electron chi connectivity index (χ2n) is 6.42. The van der Waals surface area contributed by atoms with Gasteiger partial charge in [-0.05, 0) is 49.4 Å². The van der Waals surface area contributed by atoms with Crippen molar-refractivity contribution in [2.75, 3.05) is 25.3 Å². The normalized spacial score (nSPS) is 10.6. The summed E-state index contributed by atoms with van der Waals surface area (Å²) in [6.45, 7) is 2.08. The molecule has 0 aliphatic heterocycles. The van der Waals surface area contributed by atoms with Gasteiger partial charge in [-0.2, -0.15) is 0 Å². The van der Waals surface area contributed by atoms with Gasteiger partial charge < -0.3 is 14.8 Å². The first kappa shape index (κ1) is 21.2. The van der Waals surface area contributed by atoms with Gasteiger partial charge in [0.25, 0.3) is 0 Å². The van der Waals surface area contributed by atoms with E-state index in [4.69, 9.17) is 9.47 Å². The van der Waals surface area contributed by atoms with E-state index in [1.54, 1.807) is 26.0 Å². The Morgan fingerprint density at radius 2 is 1.86 bits per heavy atom. The number of hydrogen-bond acceptors (Lipinski definition) is 6. The van der Waals surface area contributed by atoms with Gasteiger partial charge in [-0.25, -0.2) is 4.98 Å². The Kier molecular flexibility index (Phi) is 7.55. The molecule has 152 valence electrons. The Morgan fingerprint density at radius 3 is 2.59 bits per heavy atom. The van der Waals surface area contributed by atoms with E-state index in [1.165, 1.54) is 21.8 Å². The number of amides is 1. The summed E-state index contributed by atoms with van der Waals surface area (Å²) in [7, 11) is 3.21. The maximum atomic E-state index is 12.2. The van der Waals surface area contributed by atoms with E-state index in [9.17, 15) is 4.79 Å². The van der Waals surface area contributed by atoms with Crippen LogP contribution in [0.3, 0.4) is 0 Å². The molecule has 0 aliphatic carbocycles. The monoisotopic (exact) mass is 428 g/mol. The van der Waals surface area contributed by atoms with Crippen LogP contribution < -0.4 is 14.8 Å². The first-order valence-corrected chi connectivity index (χ1v) is 11.1. The third-order valence-electron chi connectivity index (χ3n) is 4.27. The second-order valence-corrected chi connectivity index (χ2v) is 8.45. The van der Waals surface area contributed by atoms with Crippen molar-refractivity contribution in [2.24, 2.45) is 0 Å². The van der Waals surface area contributed by atoms with Crippen LogP contribution in [0.5, 0.6) is 11.5 Å². The van der Waals surface area contributed by atoms with Crippen molar-refractivity contribution in [3.05, 3.63) is 53.4 Å². The number of aryl methyl sites for hydroxylation is 1. The van der Waals surface area contributed by atoms with Gasteiger partial charge in [0.2, 0.25) is 5.91 Å². The minimum absolute atomic E-state index is 0.0114. The van der Waals surface area contributed by atoms with Gasteiger partial charge >= 0.3 is 0 Å². The van der Waals surface area contributed by atoms with E-state index < -0.39 is 0 Å². The molecular weight excluding hydrogens is 404 g/mol. The van der Waals surface area contributed by atoms with E-state index in [2.05, 4.69) is 41.5 Å². The highest BCUT2D eigenvalue weighted by atomic mass is 32.2. The number of methoxy groups -OCH3 is 2. The molecule has 1 aromatic heterocycles. The summed E-state index contributed by atoms with van der Waals surface area (Å²) >= 11 is 3.18. The SMILES string of the molecule is COc1ccc(-c2csc(NC(=O)CCCSc3ccc(C)cc3)n2)cc1OC. The number of carbonyl (C=O) groups excluding carboxylic acids is 1. The molecule has 0 aliphatic rings. The predicted octanol–water partition coefficient (Wildman–Crippen LogP) is 5.65. The first-order valence-electron chi connectivity index (χ1n) is 9.26. The van der Waals surface area contributed by atoms with Gasteiger partial charge in [0, 0.05) is 22.3 Å². The van der Waals surface area contributed by atoms with Crippen LogP contribution in [0.1, 0.15) is 18.4 Å². The molecular formula is C22H24N2O3S2. The summed E-state index contributed by atoms with van der Waals surface area (Å²) in [5.74, 6) is 2.21. The lowest BCUT2D eigenvalue weighted by Crippen LogP contribution is -2.11. The van der Waals surface area contributed by atoms with E-state index in [-0.39, 0.29) is 5.91 Å². The number of thiazole rings is 1. The Bertz CT molecular complexity index is 955. The smallest absolute Gasteiger partial charge is 0.226 e. The summed E-state index contributed by atoms with van der Waals surface area (Å²) in [6, 6.07) is 14.1. The van der Waals surface area contributed by atoms with Crippen LogP contribution in [-0.2, 0) is 4.79 Å². The Morgan fingerprint density at radius 1 is 1.10 bits per heavy atom. The fraction of sp³-hybridized carbons (Fsp3) is 0.273. The van der Waals surface area contributed by atoms with Gasteiger partial charge in [-0.1, -0.05) is 17.7 Å². The molecule has 3 aromatic rings. The lowest BCUT2D eigenvalue weighted by Gasteiger charge is -2.08. The number of nitrogens with zero attached hydrogens (tertiary/aromatic N) is 1. The molecule has 7 heteroatoms. The average Bonchev–Trinajstić information content (AvgIpc) is 3.20. The first-order chi connectivity index (χ1) is 14.1. The Labute approximate surface area is 179 Å². The van der Waals surface area contributed by atoms with Crippen molar-refractivity contribution in [1.82, 2.24) is 4.98 Å². The lowest BCUT2D eigenvalue weighted by molar-refractivity contribution is -0.116. The minimum Gasteiger partial charge on any atom is -0.493 e. The van der Waals surface area contributed by atoms with Gasteiger partial charge in [0.05, 0.1) is 19.9 Å². The molecule has 1 heterocycles. The highest BCUT2D eigenvalue weighted by Gasteiger charge is 2.11. The van der Waals surface area contributed by atoms with E-state index >= 15 is 0 Å². The number of carbonyl (C=O) groups is 1. The van der Waals surface area contributed by atoms with Crippen molar-refractivity contribution in [3.8, 4) is 22.8 Å². The van der Waals surface area contributed by atoms with Crippen LogP contribution in [0.4, 0.5) is 5.13 Å². The third-order valence-corrected chi connectivity index (χ3v) is 6.12. The highest BCUT2D eigenvalue weighted by Crippen LogP contribution is 2.33. The van der Waals surface area contributed by atoms with Gasteiger partial charge in [-0.15, -0.1) is 23.1 Å². The summed E-state index contributed by atoms with van der Waals surface area (Å²) in [6.07, 6.45) is 1.29. The molecule has 1 amide bonds. The van der Waals surface area contributed by atoms with Gasteiger partial charge in [0.1, 0.15) is 0 Å². The molecule has 2 aromatic carbocycles. The zero-order valence-electron chi connectivity index (χ0n) is 16.7. The Hall–Kier alpha value is -2.51. The maximum Gasteiger partial charge on any atom is 0.226 e. The number of benzene rings is 2. The van der Waals surface area contributed by atoms with Crippen molar-refractivity contribution < 1.29 is 14.3 Å². The maximum absolute atomic E-state index is 12.2. The number of anilines is 1. The fourth-order valence-electron chi connectivity index (χ4n) is 2.70. The molecule has 29 heavy (non-hydrogen) atoms. The largest absolute Gasteiger partial charge is 0.493 e. The molecule has 3 rings (SSSR count). The lowest BCUT2D eigenvalue weighted by atomic mass is 10.1. The van der Waals surface area contributed by atoms with Gasteiger partial charge in [0.15, 0.2) is 16.6 Å². The van der Waals surface area contributed by atoms with Crippen LogP contribution in [0.15, 0.2) is 52.7 Å². The van der Waals surface area contributed by atoms with Crippen molar-refractivity contribution in [1.29, 1.82) is 0 Å². The number of aromatic nitrogens is 1. The van der Waals surface area contributed by atoms with Crippen LogP contribution in [-0.4, -0.2) is 30.9 Å². The van der Waals surface area contributed by atoms with Gasteiger partial charge in [-0.3, -0.25) is 4.79 Å². The van der Waals surface area contributed by atoms with Crippen LogP contribution >= 0.6 is 23.1 Å². The minimum atomic E-state index is -0.0114. The summed E-state index contributed by atoms with van der Waals surface area (Å²) < 4.78 is 10.6. The fourth-order valence-corrected chi connectivity index (χ4v) is 4.29. The van der Waals surface area contributed by atoms with E-state index in [0.717, 1.165) is 23.4 Å². The Balaban J connectivity index is 1.49. The molecule has 0 unspecified atom stereocenters. The zero-order valence-corrected chi connectivity index (χ0v) is 18.4. The van der Waals surface area contributed by atoms with E-state index in [1.807, 2.05) is 23.6 Å². The number of nitrogens with one attached hydrogen (secondary N) is 1. The molecule has 0 fully saturated rings. The molecule has 0 radical (unpaired) electrons. The molecule has 0 spiro atoms. The topological polar surface area (TPSA) is 60.5 Å². The van der Waals surface area contributed by atoms with Crippen LogP contribution in [0.2, 0.25) is 0 Å². The van der Waals surface area contributed by atoms with Crippen molar-refractivity contribution in [3.63, 3.8) is 0 Å². The molecule has 5 nitrogen and oxygen atoms in total. The molecule has 0 atom stereocenters. The molecule has 0 saturated heterocycles. The van der Waals surface area contributed by atoms with Crippen LogP contribution in [0, 0.1) is 6.92 Å². The average molecular weight is 429 g/mol. The van der Waals surface area contributed by atoms with Crippen molar-refractivity contribution >= 4 is 34.1 Å². The number of hydrogen-bond donors (Lipinski definition) is 1. The van der Waals surface area contributed by atoms with E-state index in [0.29, 0.717) is 23.1 Å². The quantitative estimate of drug-likeness (QED) is 0.353. The number of ether oxygens (including phenoxy) is 2. The second kappa shape index (κ2) is 10.3. The third kappa shape index (κ3) is 5.98. The predicted molar refractivity (Wildman–Crippen MR) is 120 cm³/mol. The zero-order chi connectivity index (χ0) is 20.6. The number of thioether (sulfide) groups is 1. The van der Waals surface area contributed by atoms with Crippen LogP contribution in [0.25, 0.3) is 11.3 Å².